The summed E-state index contributed by atoms with van der Waals surface area (Å²) in [4.78, 5) is 5.46. The first kappa shape index (κ1) is 15.3. The van der Waals surface area contributed by atoms with Gasteiger partial charge >= 0.3 is 0 Å². The standard InChI is InChI=1S/C11H9Cl2N3O2S3/c1-15(6-7-2-3-8(12)20-7)21(17,18)10-9(13)14-11-16(10)4-5-19-11/h2-5H,6H2,1H3. The van der Waals surface area contributed by atoms with Crippen LogP contribution in [-0.2, 0) is 16.6 Å². The van der Waals surface area contributed by atoms with Crippen molar-refractivity contribution in [2.75, 3.05) is 7.05 Å². The van der Waals surface area contributed by atoms with Crippen LogP contribution >= 0.6 is 45.9 Å². The van der Waals surface area contributed by atoms with Crippen LogP contribution < -0.4 is 0 Å². The van der Waals surface area contributed by atoms with Gasteiger partial charge in [0.15, 0.2) is 15.1 Å². The van der Waals surface area contributed by atoms with Gasteiger partial charge in [-0.05, 0) is 12.1 Å². The fourth-order valence-electron chi connectivity index (χ4n) is 1.86. The summed E-state index contributed by atoms with van der Waals surface area (Å²) in [5, 5.41) is 1.74. The zero-order valence-electron chi connectivity index (χ0n) is 10.7. The molecule has 0 aliphatic rings. The molecule has 0 bridgehead atoms. The van der Waals surface area contributed by atoms with E-state index in [1.165, 1.54) is 38.4 Å². The third-order valence-corrected chi connectivity index (χ3v) is 7.02. The van der Waals surface area contributed by atoms with Crippen molar-refractivity contribution in [1.82, 2.24) is 13.7 Å². The van der Waals surface area contributed by atoms with E-state index in [0.717, 1.165) is 4.88 Å². The highest BCUT2D eigenvalue weighted by Crippen LogP contribution is 2.29. The lowest BCUT2D eigenvalue weighted by molar-refractivity contribution is 0.466. The summed E-state index contributed by atoms with van der Waals surface area (Å²) in [6.07, 6.45) is 1.64. The Morgan fingerprint density at radius 2 is 2.14 bits per heavy atom. The minimum absolute atomic E-state index is 0.00873. The summed E-state index contributed by atoms with van der Waals surface area (Å²) in [5.41, 5.74) is 0. The van der Waals surface area contributed by atoms with Crippen LogP contribution in [0.15, 0.2) is 28.7 Å². The van der Waals surface area contributed by atoms with Crippen LogP contribution in [0.2, 0.25) is 9.49 Å². The van der Waals surface area contributed by atoms with Crippen LogP contribution in [-0.4, -0.2) is 29.2 Å². The molecule has 0 saturated carbocycles. The molecule has 0 saturated heterocycles. The van der Waals surface area contributed by atoms with Gasteiger partial charge in [0, 0.05) is 30.0 Å². The summed E-state index contributed by atoms with van der Waals surface area (Å²) in [5.74, 6) is 0. The van der Waals surface area contributed by atoms with Crippen LogP contribution in [0.5, 0.6) is 0 Å². The number of thiazole rings is 1. The van der Waals surface area contributed by atoms with Crippen molar-refractivity contribution in [1.29, 1.82) is 0 Å². The number of halogens is 2. The second-order valence-corrected chi connectivity index (χ2v) is 9.22. The fraction of sp³-hybridized carbons (Fsp3) is 0.182. The Morgan fingerprint density at radius 3 is 2.81 bits per heavy atom. The smallest absolute Gasteiger partial charge is 0.262 e. The van der Waals surface area contributed by atoms with Gasteiger partial charge in [0.2, 0.25) is 0 Å². The van der Waals surface area contributed by atoms with Gasteiger partial charge in [-0.3, -0.25) is 4.40 Å². The third-order valence-electron chi connectivity index (χ3n) is 2.84. The van der Waals surface area contributed by atoms with Gasteiger partial charge in [-0.25, -0.2) is 13.4 Å². The maximum absolute atomic E-state index is 12.7. The molecule has 112 valence electrons. The molecule has 10 heteroatoms. The van der Waals surface area contributed by atoms with Crippen molar-refractivity contribution in [3.8, 4) is 0 Å². The Bertz CT molecular complexity index is 897. The first-order valence-corrected chi connectivity index (χ1v) is 9.60. The third kappa shape index (κ3) is 2.71. The number of imidazole rings is 1. The highest BCUT2D eigenvalue weighted by atomic mass is 35.5. The Kier molecular flexibility index (Phi) is 4.02. The van der Waals surface area contributed by atoms with Gasteiger partial charge in [0.1, 0.15) is 0 Å². The van der Waals surface area contributed by atoms with Gasteiger partial charge in [-0.1, -0.05) is 23.2 Å². The maximum Gasteiger partial charge on any atom is 0.262 e. The largest absolute Gasteiger partial charge is 0.279 e. The van der Waals surface area contributed by atoms with E-state index in [1.54, 1.807) is 23.7 Å². The van der Waals surface area contributed by atoms with Crippen molar-refractivity contribution < 1.29 is 8.42 Å². The molecule has 0 spiro atoms. The molecule has 0 amide bonds. The van der Waals surface area contributed by atoms with Crippen molar-refractivity contribution in [2.24, 2.45) is 0 Å². The second-order valence-electron chi connectivity index (χ2n) is 4.23. The summed E-state index contributed by atoms with van der Waals surface area (Å²) in [6, 6.07) is 3.54. The SMILES string of the molecule is CN(Cc1ccc(Cl)s1)S(=O)(=O)c1c(Cl)nc2sccn12. The molecule has 0 atom stereocenters. The molecule has 0 aliphatic carbocycles. The monoisotopic (exact) mass is 381 g/mol. The van der Waals surface area contributed by atoms with E-state index in [0.29, 0.717) is 9.30 Å². The summed E-state index contributed by atoms with van der Waals surface area (Å²) in [7, 11) is -2.23. The van der Waals surface area contributed by atoms with E-state index in [1.807, 2.05) is 0 Å². The van der Waals surface area contributed by atoms with Crippen molar-refractivity contribution in [3.05, 3.63) is 38.1 Å². The van der Waals surface area contributed by atoms with E-state index in [4.69, 9.17) is 23.2 Å². The van der Waals surface area contributed by atoms with Gasteiger partial charge < -0.3 is 0 Å². The molecule has 3 aromatic heterocycles. The summed E-state index contributed by atoms with van der Waals surface area (Å²) in [6.45, 7) is 0.230. The van der Waals surface area contributed by atoms with Crippen LogP contribution in [0.1, 0.15) is 4.88 Å². The molecule has 0 unspecified atom stereocenters. The lowest BCUT2D eigenvalue weighted by Gasteiger charge is -2.15. The lowest BCUT2D eigenvalue weighted by atomic mass is 10.5. The minimum Gasteiger partial charge on any atom is -0.279 e. The predicted octanol–water partition coefficient (Wildman–Crippen LogP) is 3.58. The van der Waals surface area contributed by atoms with E-state index in [-0.39, 0.29) is 16.7 Å². The number of thiophene rings is 1. The zero-order chi connectivity index (χ0) is 15.2. The molecule has 0 radical (unpaired) electrons. The molecular weight excluding hydrogens is 373 g/mol. The zero-order valence-corrected chi connectivity index (χ0v) is 14.6. The van der Waals surface area contributed by atoms with Crippen LogP contribution in [0.25, 0.3) is 4.96 Å². The Balaban J connectivity index is 1.99. The Morgan fingerprint density at radius 1 is 1.38 bits per heavy atom. The topological polar surface area (TPSA) is 54.7 Å². The quantitative estimate of drug-likeness (QED) is 0.693. The van der Waals surface area contributed by atoms with Crippen molar-refractivity contribution in [2.45, 2.75) is 11.6 Å². The molecule has 0 fully saturated rings. The number of rotatable bonds is 4. The normalized spacial score (nSPS) is 12.6. The molecule has 3 heterocycles. The Hall–Kier alpha value is -0.640. The minimum atomic E-state index is -3.74. The lowest BCUT2D eigenvalue weighted by Crippen LogP contribution is -2.27. The molecule has 3 rings (SSSR count). The molecular formula is C11H9Cl2N3O2S3. The van der Waals surface area contributed by atoms with Crippen molar-refractivity contribution >= 4 is 60.9 Å². The first-order valence-electron chi connectivity index (χ1n) is 5.71. The summed E-state index contributed by atoms with van der Waals surface area (Å²) >= 11 is 14.5. The predicted molar refractivity (Wildman–Crippen MR) is 86.1 cm³/mol. The van der Waals surface area contributed by atoms with Crippen LogP contribution in [0.4, 0.5) is 0 Å². The highest BCUT2D eigenvalue weighted by Gasteiger charge is 2.29. The average molecular weight is 382 g/mol. The van der Waals surface area contributed by atoms with Crippen LogP contribution in [0, 0.1) is 0 Å². The van der Waals surface area contributed by atoms with Crippen LogP contribution in [0.3, 0.4) is 0 Å². The van der Waals surface area contributed by atoms with E-state index >= 15 is 0 Å². The molecule has 0 aliphatic heterocycles. The van der Waals surface area contributed by atoms with E-state index in [2.05, 4.69) is 4.98 Å². The molecule has 3 aromatic rings. The highest BCUT2D eigenvalue weighted by molar-refractivity contribution is 7.89. The summed E-state index contributed by atoms with van der Waals surface area (Å²) < 4.78 is 28.7. The number of sulfonamides is 1. The average Bonchev–Trinajstić information content (AvgIpc) is 3.05. The maximum atomic E-state index is 12.7. The number of hydrogen-bond donors (Lipinski definition) is 0. The first-order chi connectivity index (χ1) is 9.89. The van der Waals surface area contributed by atoms with Crippen molar-refractivity contribution in [3.63, 3.8) is 0 Å². The number of hydrogen-bond acceptors (Lipinski definition) is 5. The fourth-order valence-corrected chi connectivity index (χ4v) is 5.63. The van der Waals surface area contributed by atoms with Gasteiger partial charge in [0.25, 0.3) is 10.0 Å². The van der Waals surface area contributed by atoms with Gasteiger partial charge in [-0.2, -0.15) is 4.31 Å². The van der Waals surface area contributed by atoms with Gasteiger partial charge in [0.05, 0.1) is 4.34 Å². The van der Waals surface area contributed by atoms with E-state index < -0.39 is 10.0 Å². The molecule has 0 N–H and O–H groups in total. The molecule has 5 nitrogen and oxygen atoms in total. The molecule has 21 heavy (non-hydrogen) atoms. The number of aromatic nitrogens is 2. The number of nitrogens with zero attached hydrogens (tertiary/aromatic N) is 3. The molecule has 0 aromatic carbocycles. The van der Waals surface area contributed by atoms with E-state index in [9.17, 15) is 8.42 Å². The number of fused-ring (bicyclic) bond motifs is 1. The Labute approximate surface area is 139 Å². The second kappa shape index (κ2) is 5.53. The van der Waals surface area contributed by atoms with Gasteiger partial charge in [-0.15, -0.1) is 22.7 Å².